The van der Waals surface area contributed by atoms with Crippen molar-refractivity contribution in [3.05, 3.63) is 69.8 Å². The average molecular weight is 401 g/mol. The van der Waals surface area contributed by atoms with Crippen molar-refractivity contribution in [2.45, 2.75) is 31.1 Å². The molecule has 0 radical (unpaired) electrons. The number of para-hydroxylation sites is 1. The summed E-state index contributed by atoms with van der Waals surface area (Å²) in [6, 6.07) is 11.5. The van der Waals surface area contributed by atoms with Crippen molar-refractivity contribution in [2.75, 3.05) is 12.4 Å². The molecular formula is C20H20FN3O5. The lowest BCUT2D eigenvalue weighted by molar-refractivity contribution is -0.384. The Balaban J connectivity index is 1.67. The van der Waals surface area contributed by atoms with Crippen LogP contribution in [0.3, 0.4) is 0 Å². The van der Waals surface area contributed by atoms with Crippen LogP contribution in [0.25, 0.3) is 0 Å². The van der Waals surface area contributed by atoms with Crippen molar-refractivity contribution in [3.8, 4) is 0 Å². The number of hydrogen-bond acceptors (Lipinski definition) is 6. The van der Waals surface area contributed by atoms with Gasteiger partial charge in [0.25, 0.3) is 11.6 Å². The Morgan fingerprint density at radius 3 is 2.62 bits per heavy atom. The molecule has 1 amide bonds. The molecule has 2 aromatic carbocycles. The molecule has 29 heavy (non-hydrogen) atoms. The van der Waals surface area contributed by atoms with E-state index in [-0.39, 0.29) is 30.6 Å². The van der Waals surface area contributed by atoms with Gasteiger partial charge in [0.2, 0.25) is 5.67 Å². The lowest BCUT2D eigenvalue weighted by Crippen LogP contribution is -2.40. The van der Waals surface area contributed by atoms with Crippen LogP contribution in [0, 0.1) is 10.1 Å². The van der Waals surface area contributed by atoms with E-state index in [1.807, 2.05) is 0 Å². The number of amides is 1. The first kappa shape index (κ1) is 20.4. The fourth-order valence-electron chi connectivity index (χ4n) is 3.29. The monoisotopic (exact) mass is 401 g/mol. The highest BCUT2D eigenvalue weighted by Gasteiger charge is 2.47. The SMILES string of the molecule is COC(=O)C(CCC1(F)C(=O)Nc2ccccc21)NCc1ccc([N+](=O)[O-])cc1. The maximum absolute atomic E-state index is 15.5. The van der Waals surface area contributed by atoms with Crippen LogP contribution in [0.1, 0.15) is 24.0 Å². The summed E-state index contributed by atoms with van der Waals surface area (Å²) in [6.07, 6.45) is -0.180. The molecule has 0 fully saturated rings. The predicted octanol–water partition coefficient (Wildman–Crippen LogP) is 2.82. The van der Waals surface area contributed by atoms with Gasteiger partial charge in [0, 0.05) is 29.9 Å². The second-order valence-corrected chi connectivity index (χ2v) is 6.72. The highest BCUT2D eigenvalue weighted by Crippen LogP contribution is 2.42. The molecule has 1 heterocycles. The van der Waals surface area contributed by atoms with Gasteiger partial charge in [0.1, 0.15) is 6.04 Å². The molecule has 0 spiro atoms. The van der Waals surface area contributed by atoms with Crippen molar-refractivity contribution in [1.82, 2.24) is 5.32 Å². The van der Waals surface area contributed by atoms with Crippen LogP contribution in [-0.4, -0.2) is 30.0 Å². The van der Waals surface area contributed by atoms with Crippen LogP contribution in [0.15, 0.2) is 48.5 Å². The number of hydrogen-bond donors (Lipinski definition) is 2. The van der Waals surface area contributed by atoms with Crippen molar-refractivity contribution >= 4 is 23.3 Å². The molecular weight excluding hydrogens is 381 g/mol. The Kier molecular flexibility index (Phi) is 5.88. The third-order valence-corrected chi connectivity index (χ3v) is 4.93. The Morgan fingerprint density at radius 2 is 1.97 bits per heavy atom. The summed E-state index contributed by atoms with van der Waals surface area (Å²) in [5.41, 5.74) is -0.873. The van der Waals surface area contributed by atoms with Crippen LogP contribution in [0.2, 0.25) is 0 Å². The molecule has 2 aromatic rings. The Bertz CT molecular complexity index is 934. The molecule has 0 aromatic heterocycles. The predicted molar refractivity (Wildman–Crippen MR) is 103 cm³/mol. The molecule has 1 aliphatic rings. The standard InChI is InChI=1S/C20H20FN3O5/c1-29-18(25)17(22-12-13-6-8-14(9-7-13)24(27)28)10-11-20(21)15-4-2-3-5-16(15)23-19(20)26/h2-9,17,22H,10-12H2,1H3,(H,23,26). The van der Waals surface area contributed by atoms with E-state index in [1.165, 1.54) is 19.2 Å². The highest BCUT2D eigenvalue weighted by atomic mass is 19.1. The van der Waals surface area contributed by atoms with Gasteiger partial charge in [-0.3, -0.25) is 19.7 Å². The number of carbonyl (C=O) groups excluding carboxylic acids is 2. The zero-order chi connectivity index (χ0) is 21.0. The zero-order valence-electron chi connectivity index (χ0n) is 15.7. The third kappa shape index (κ3) is 4.24. The number of nitro groups is 1. The molecule has 0 saturated carbocycles. The van der Waals surface area contributed by atoms with E-state index in [4.69, 9.17) is 4.74 Å². The first-order valence-electron chi connectivity index (χ1n) is 8.99. The summed E-state index contributed by atoms with van der Waals surface area (Å²) in [7, 11) is 1.23. The number of ether oxygens (including phenoxy) is 1. The van der Waals surface area contributed by atoms with Crippen LogP contribution in [0.4, 0.5) is 15.8 Å². The molecule has 152 valence electrons. The van der Waals surface area contributed by atoms with E-state index >= 15 is 4.39 Å². The second-order valence-electron chi connectivity index (χ2n) is 6.72. The molecule has 9 heteroatoms. The van der Waals surface area contributed by atoms with Gasteiger partial charge in [-0.05, 0) is 24.5 Å². The molecule has 0 bridgehead atoms. The number of non-ortho nitro benzene ring substituents is 1. The summed E-state index contributed by atoms with van der Waals surface area (Å²) in [5.74, 6) is -1.33. The van der Waals surface area contributed by atoms with Crippen molar-refractivity contribution in [3.63, 3.8) is 0 Å². The number of alkyl halides is 1. The highest BCUT2D eigenvalue weighted by molar-refractivity contribution is 6.05. The van der Waals surface area contributed by atoms with Gasteiger partial charge in [0.05, 0.1) is 12.0 Å². The number of nitro benzene ring substituents is 1. The van der Waals surface area contributed by atoms with Crippen molar-refractivity contribution in [1.29, 1.82) is 0 Å². The number of fused-ring (bicyclic) bond motifs is 1. The van der Waals surface area contributed by atoms with Gasteiger partial charge < -0.3 is 15.4 Å². The first-order chi connectivity index (χ1) is 13.8. The number of rotatable bonds is 8. The summed E-state index contributed by atoms with van der Waals surface area (Å²) >= 11 is 0. The summed E-state index contributed by atoms with van der Waals surface area (Å²) < 4.78 is 20.2. The Labute approximate surface area is 166 Å². The smallest absolute Gasteiger partial charge is 0.322 e. The minimum atomic E-state index is -2.22. The minimum Gasteiger partial charge on any atom is -0.468 e. The lowest BCUT2D eigenvalue weighted by atomic mass is 9.90. The zero-order valence-corrected chi connectivity index (χ0v) is 15.7. The molecule has 0 saturated heterocycles. The lowest BCUT2D eigenvalue weighted by Gasteiger charge is -2.22. The minimum absolute atomic E-state index is 0.0257. The van der Waals surface area contributed by atoms with E-state index < -0.39 is 28.5 Å². The third-order valence-electron chi connectivity index (χ3n) is 4.93. The van der Waals surface area contributed by atoms with Gasteiger partial charge in [-0.2, -0.15) is 0 Å². The molecule has 8 nitrogen and oxygen atoms in total. The number of methoxy groups -OCH3 is 1. The largest absolute Gasteiger partial charge is 0.468 e. The van der Waals surface area contributed by atoms with Crippen molar-refractivity contribution in [2.24, 2.45) is 0 Å². The van der Waals surface area contributed by atoms with Gasteiger partial charge >= 0.3 is 5.97 Å². The van der Waals surface area contributed by atoms with Crippen molar-refractivity contribution < 1.29 is 23.6 Å². The van der Waals surface area contributed by atoms with E-state index in [0.717, 1.165) is 0 Å². The molecule has 0 aliphatic carbocycles. The number of anilines is 1. The van der Waals surface area contributed by atoms with Gasteiger partial charge in [-0.15, -0.1) is 0 Å². The second kappa shape index (κ2) is 8.36. The fourth-order valence-corrected chi connectivity index (χ4v) is 3.29. The first-order valence-corrected chi connectivity index (χ1v) is 8.99. The molecule has 1 aliphatic heterocycles. The number of benzene rings is 2. The summed E-state index contributed by atoms with van der Waals surface area (Å²) in [4.78, 5) is 34.5. The van der Waals surface area contributed by atoms with E-state index in [0.29, 0.717) is 11.3 Å². The summed E-state index contributed by atoms with van der Waals surface area (Å²) in [5, 5.41) is 16.2. The molecule has 2 N–H and O–H groups in total. The van der Waals surface area contributed by atoms with E-state index in [9.17, 15) is 19.7 Å². The maximum atomic E-state index is 15.5. The molecule has 3 rings (SSSR count). The maximum Gasteiger partial charge on any atom is 0.322 e. The van der Waals surface area contributed by atoms with Gasteiger partial charge in [-0.25, -0.2) is 4.39 Å². The van der Waals surface area contributed by atoms with Crippen LogP contribution in [0.5, 0.6) is 0 Å². The number of nitrogens with one attached hydrogen (secondary N) is 2. The van der Waals surface area contributed by atoms with Gasteiger partial charge in [0.15, 0.2) is 0 Å². The normalized spacial score (nSPS) is 18.6. The van der Waals surface area contributed by atoms with Crippen LogP contribution in [-0.2, 0) is 26.5 Å². The van der Waals surface area contributed by atoms with Crippen LogP contribution < -0.4 is 10.6 Å². The number of carbonyl (C=O) groups is 2. The fraction of sp³-hybridized carbons (Fsp3) is 0.300. The van der Waals surface area contributed by atoms with E-state index in [1.54, 1.807) is 36.4 Å². The quantitative estimate of drug-likeness (QED) is 0.400. The average Bonchev–Trinajstić information content (AvgIpc) is 2.98. The Morgan fingerprint density at radius 1 is 1.28 bits per heavy atom. The van der Waals surface area contributed by atoms with E-state index in [2.05, 4.69) is 10.6 Å². The molecule has 2 atom stereocenters. The van der Waals surface area contributed by atoms with Gasteiger partial charge in [-0.1, -0.05) is 30.3 Å². The topological polar surface area (TPSA) is 111 Å². The number of esters is 1. The van der Waals surface area contributed by atoms with Crippen LogP contribution >= 0.6 is 0 Å². The molecule has 2 unspecified atom stereocenters. The number of halogens is 1. The summed E-state index contributed by atoms with van der Waals surface area (Å²) in [6.45, 7) is 0.222. The number of nitrogens with zero attached hydrogens (tertiary/aromatic N) is 1. The Hall–Kier alpha value is -3.33.